The number of rotatable bonds is 5. The lowest BCUT2D eigenvalue weighted by Crippen LogP contribution is -2.45. The molecular formula is C19H23F3N6O3S. The number of aliphatic carboxylic acids is 1. The first kappa shape index (κ1) is 23.9. The number of halogens is 3. The molecular weight excluding hydrogens is 449 g/mol. The number of alkyl halides is 3. The highest BCUT2D eigenvalue weighted by Gasteiger charge is 2.38. The molecule has 0 fully saturated rings. The summed E-state index contributed by atoms with van der Waals surface area (Å²) in [4.78, 5) is 14.1. The Labute approximate surface area is 186 Å². The van der Waals surface area contributed by atoms with E-state index in [9.17, 15) is 13.2 Å². The molecule has 1 aliphatic heterocycles. The Balaban J connectivity index is 0.000000360. The van der Waals surface area contributed by atoms with Gasteiger partial charge in [0.25, 0.3) is 0 Å². The van der Waals surface area contributed by atoms with Crippen LogP contribution in [-0.2, 0) is 36.2 Å². The van der Waals surface area contributed by atoms with Gasteiger partial charge < -0.3 is 9.84 Å². The van der Waals surface area contributed by atoms with Gasteiger partial charge in [-0.2, -0.15) is 18.3 Å². The number of hydrogen-bond acceptors (Lipinski definition) is 7. The molecule has 0 spiro atoms. The molecule has 0 aliphatic carbocycles. The molecule has 4 heterocycles. The first-order chi connectivity index (χ1) is 15.1. The number of aryl methyl sites for hydroxylation is 2. The highest BCUT2D eigenvalue weighted by atomic mass is 32.1. The maximum Gasteiger partial charge on any atom is 0.490 e. The number of carbonyl (C=O) groups is 1. The lowest BCUT2D eigenvalue weighted by Gasteiger charge is -2.35. The molecule has 0 saturated heterocycles. The van der Waals surface area contributed by atoms with Gasteiger partial charge >= 0.3 is 12.1 Å². The number of aromatic nitrogens is 5. The van der Waals surface area contributed by atoms with Crippen molar-refractivity contribution in [3.8, 4) is 11.3 Å². The van der Waals surface area contributed by atoms with E-state index in [1.165, 1.54) is 9.75 Å². The van der Waals surface area contributed by atoms with Crippen molar-refractivity contribution < 1.29 is 27.8 Å². The van der Waals surface area contributed by atoms with Crippen LogP contribution in [0.3, 0.4) is 0 Å². The first-order valence-corrected chi connectivity index (χ1v) is 10.4. The summed E-state index contributed by atoms with van der Waals surface area (Å²) in [5.74, 6) is -2.76. The van der Waals surface area contributed by atoms with Crippen molar-refractivity contribution in [1.29, 1.82) is 0 Å². The lowest BCUT2D eigenvalue weighted by atomic mass is 10.1. The van der Waals surface area contributed by atoms with Crippen LogP contribution in [0.1, 0.15) is 15.4 Å². The molecule has 0 amide bonds. The fourth-order valence-electron chi connectivity index (χ4n) is 3.35. The van der Waals surface area contributed by atoms with Gasteiger partial charge in [0.05, 0.1) is 31.1 Å². The van der Waals surface area contributed by atoms with E-state index in [1.54, 1.807) is 11.8 Å². The topological polar surface area (TPSA) is 98.3 Å². The van der Waals surface area contributed by atoms with E-state index in [-0.39, 0.29) is 0 Å². The third kappa shape index (κ3) is 5.72. The van der Waals surface area contributed by atoms with Crippen LogP contribution in [0.2, 0.25) is 0 Å². The maximum absolute atomic E-state index is 10.6. The van der Waals surface area contributed by atoms with Gasteiger partial charge in [-0.15, -0.1) is 16.4 Å². The maximum atomic E-state index is 10.6. The predicted octanol–water partition coefficient (Wildman–Crippen LogP) is 2.71. The average molecular weight is 472 g/mol. The van der Waals surface area contributed by atoms with Gasteiger partial charge in [0, 0.05) is 48.8 Å². The minimum Gasteiger partial charge on any atom is -0.475 e. The average Bonchev–Trinajstić information content (AvgIpc) is 3.42. The van der Waals surface area contributed by atoms with Crippen LogP contribution < -0.4 is 0 Å². The third-order valence-corrected chi connectivity index (χ3v) is 5.81. The SMILES string of the molecule is COCC1Cn2nnc(-c3cnn(C)c3)c2CN1Cc1ccc(C)s1.O=C(O)C(F)(F)F. The molecule has 1 atom stereocenters. The van der Waals surface area contributed by atoms with Gasteiger partial charge in [-0.1, -0.05) is 5.21 Å². The second-order valence-electron chi connectivity index (χ2n) is 7.30. The van der Waals surface area contributed by atoms with E-state index in [0.29, 0.717) is 12.6 Å². The standard InChI is InChI=1S/C17H22N6OS.C2HF3O2/c1-12-4-5-15(25-12)9-22-10-16-17(13-6-18-21(2)7-13)19-20-23(16)8-14(22)11-24-3;3-2(4,5)1(6)7/h4-7,14H,8-11H2,1-3H3;(H,6,7). The van der Waals surface area contributed by atoms with Crippen LogP contribution in [0.5, 0.6) is 0 Å². The van der Waals surface area contributed by atoms with Gasteiger partial charge in [-0.25, -0.2) is 9.48 Å². The molecule has 0 saturated carbocycles. The van der Waals surface area contributed by atoms with Crippen molar-refractivity contribution in [3.63, 3.8) is 0 Å². The highest BCUT2D eigenvalue weighted by Crippen LogP contribution is 2.28. The number of carboxylic acids is 1. The molecule has 13 heteroatoms. The fraction of sp³-hybridized carbons (Fsp3) is 0.474. The van der Waals surface area contributed by atoms with Crippen molar-refractivity contribution in [3.05, 3.63) is 40.0 Å². The van der Waals surface area contributed by atoms with Crippen LogP contribution in [0.25, 0.3) is 11.3 Å². The minimum absolute atomic E-state index is 0.295. The van der Waals surface area contributed by atoms with E-state index < -0.39 is 12.1 Å². The van der Waals surface area contributed by atoms with Gasteiger partial charge in [0.1, 0.15) is 5.69 Å². The molecule has 1 N–H and O–H groups in total. The van der Waals surface area contributed by atoms with Crippen molar-refractivity contribution >= 4 is 17.3 Å². The molecule has 4 rings (SSSR count). The zero-order valence-corrected chi connectivity index (χ0v) is 18.5. The van der Waals surface area contributed by atoms with E-state index >= 15 is 0 Å². The van der Waals surface area contributed by atoms with Gasteiger partial charge in [-0.3, -0.25) is 9.58 Å². The zero-order chi connectivity index (χ0) is 23.5. The summed E-state index contributed by atoms with van der Waals surface area (Å²) >= 11 is 1.85. The molecule has 0 aromatic carbocycles. The summed E-state index contributed by atoms with van der Waals surface area (Å²) in [5.41, 5.74) is 3.09. The largest absolute Gasteiger partial charge is 0.490 e. The quantitative estimate of drug-likeness (QED) is 0.610. The molecule has 32 heavy (non-hydrogen) atoms. The van der Waals surface area contributed by atoms with E-state index in [2.05, 4.69) is 39.4 Å². The molecule has 3 aromatic rings. The van der Waals surface area contributed by atoms with Gasteiger partial charge in [0.2, 0.25) is 0 Å². The van der Waals surface area contributed by atoms with Gasteiger partial charge in [-0.05, 0) is 19.1 Å². The Hall–Kier alpha value is -2.77. The third-order valence-electron chi connectivity index (χ3n) is 4.83. The Morgan fingerprint density at radius 3 is 2.62 bits per heavy atom. The smallest absolute Gasteiger partial charge is 0.475 e. The zero-order valence-electron chi connectivity index (χ0n) is 17.7. The van der Waals surface area contributed by atoms with E-state index in [1.807, 2.05) is 35.5 Å². The van der Waals surface area contributed by atoms with Gasteiger partial charge in [0.15, 0.2) is 0 Å². The number of nitrogens with zero attached hydrogens (tertiary/aromatic N) is 6. The molecule has 0 radical (unpaired) electrons. The van der Waals surface area contributed by atoms with Crippen molar-refractivity contribution in [2.45, 2.75) is 38.8 Å². The molecule has 9 nitrogen and oxygen atoms in total. The molecule has 3 aromatic heterocycles. The summed E-state index contributed by atoms with van der Waals surface area (Å²) in [7, 11) is 3.67. The minimum atomic E-state index is -5.08. The van der Waals surface area contributed by atoms with E-state index in [4.69, 9.17) is 14.6 Å². The summed E-state index contributed by atoms with van der Waals surface area (Å²) in [6.07, 6.45) is -1.25. The van der Waals surface area contributed by atoms with Crippen molar-refractivity contribution in [2.24, 2.45) is 7.05 Å². The fourth-order valence-corrected chi connectivity index (χ4v) is 4.26. The molecule has 1 unspecified atom stereocenters. The van der Waals surface area contributed by atoms with Crippen LogP contribution in [0.15, 0.2) is 24.5 Å². The Kier molecular flexibility index (Phi) is 7.31. The Bertz CT molecular complexity index is 1060. The number of ether oxygens (including phenoxy) is 1. The number of hydrogen-bond donors (Lipinski definition) is 1. The number of methoxy groups -OCH3 is 1. The summed E-state index contributed by atoms with van der Waals surface area (Å²) in [6.45, 7) is 5.36. The first-order valence-electron chi connectivity index (χ1n) is 9.58. The van der Waals surface area contributed by atoms with Crippen LogP contribution in [0, 0.1) is 6.92 Å². The molecule has 174 valence electrons. The van der Waals surface area contributed by atoms with E-state index in [0.717, 1.165) is 36.6 Å². The lowest BCUT2D eigenvalue weighted by molar-refractivity contribution is -0.192. The van der Waals surface area contributed by atoms with Crippen molar-refractivity contribution in [2.75, 3.05) is 13.7 Å². The Morgan fingerprint density at radius 2 is 2.09 bits per heavy atom. The normalized spacial score (nSPS) is 16.4. The molecule has 1 aliphatic rings. The van der Waals surface area contributed by atoms with Crippen molar-refractivity contribution in [1.82, 2.24) is 29.7 Å². The summed E-state index contributed by atoms with van der Waals surface area (Å²) in [6, 6.07) is 4.70. The second-order valence-corrected chi connectivity index (χ2v) is 8.67. The number of thiophene rings is 1. The molecule has 0 bridgehead atoms. The monoisotopic (exact) mass is 472 g/mol. The Morgan fingerprint density at radius 1 is 1.38 bits per heavy atom. The van der Waals surface area contributed by atoms with Crippen LogP contribution in [-0.4, -0.2) is 66.7 Å². The second kappa shape index (κ2) is 9.79. The number of carboxylic acid groups (broad SMARTS) is 1. The van der Waals surface area contributed by atoms with Crippen LogP contribution in [0.4, 0.5) is 13.2 Å². The number of fused-ring (bicyclic) bond motifs is 1. The van der Waals surface area contributed by atoms with Crippen LogP contribution >= 0.6 is 11.3 Å². The summed E-state index contributed by atoms with van der Waals surface area (Å²) in [5, 5.41) is 20.2. The predicted molar refractivity (Wildman–Crippen MR) is 110 cm³/mol. The highest BCUT2D eigenvalue weighted by molar-refractivity contribution is 7.11. The summed E-state index contributed by atoms with van der Waals surface area (Å²) < 4.78 is 41.0.